The number of hydrogen-bond donors (Lipinski definition) is 1. The van der Waals surface area contributed by atoms with Gasteiger partial charge in [-0.3, -0.25) is 4.68 Å². The molecule has 0 radical (unpaired) electrons. The quantitative estimate of drug-likeness (QED) is 0.603. The molecule has 0 aliphatic carbocycles. The maximum absolute atomic E-state index is 8.27. The molecule has 0 spiro atoms. The van der Waals surface area contributed by atoms with Gasteiger partial charge < -0.3 is 5.73 Å². The zero-order valence-corrected chi connectivity index (χ0v) is 5.70. The number of anilines is 1. The summed E-state index contributed by atoms with van der Waals surface area (Å²) in [6.45, 7) is 2.07. The van der Waals surface area contributed by atoms with E-state index in [1.165, 1.54) is 4.68 Å². The van der Waals surface area contributed by atoms with E-state index in [2.05, 4.69) is 5.10 Å². The van der Waals surface area contributed by atoms with Crippen LogP contribution in [-0.4, -0.2) is 9.78 Å². The Kier molecular flexibility index (Phi) is 1.59. The van der Waals surface area contributed by atoms with Gasteiger partial charge in [0.25, 0.3) is 0 Å². The van der Waals surface area contributed by atoms with Crippen molar-refractivity contribution >= 4 is 5.69 Å². The van der Waals surface area contributed by atoms with Crippen molar-refractivity contribution in [1.29, 1.82) is 5.26 Å². The van der Waals surface area contributed by atoms with Gasteiger partial charge in [-0.25, -0.2) is 0 Å². The summed E-state index contributed by atoms with van der Waals surface area (Å²) in [5, 5.41) is 12.2. The number of nitriles is 1. The SMILES string of the molecule is Cc1nn(CC#N)cc1N. The van der Waals surface area contributed by atoms with E-state index in [1.807, 2.05) is 13.0 Å². The Labute approximate surface area is 58.9 Å². The minimum Gasteiger partial charge on any atom is -0.396 e. The number of aromatic nitrogens is 2. The molecule has 0 unspecified atom stereocenters. The van der Waals surface area contributed by atoms with Crippen molar-refractivity contribution < 1.29 is 0 Å². The Morgan fingerprint density at radius 1 is 1.90 bits per heavy atom. The number of rotatable bonds is 1. The summed E-state index contributed by atoms with van der Waals surface area (Å²) in [6.07, 6.45) is 1.65. The fourth-order valence-corrected chi connectivity index (χ4v) is 0.687. The maximum atomic E-state index is 8.27. The minimum absolute atomic E-state index is 0.262. The summed E-state index contributed by atoms with van der Waals surface area (Å²) in [4.78, 5) is 0. The van der Waals surface area contributed by atoms with Crippen LogP contribution < -0.4 is 5.73 Å². The molecule has 0 saturated carbocycles. The van der Waals surface area contributed by atoms with E-state index in [-0.39, 0.29) is 6.54 Å². The third-order valence-electron chi connectivity index (χ3n) is 1.22. The Morgan fingerprint density at radius 2 is 2.60 bits per heavy atom. The highest BCUT2D eigenvalue weighted by Gasteiger charge is 1.97. The normalized spacial score (nSPS) is 9.20. The van der Waals surface area contributed by atoms with Crippen LogP contribution in [0.3, 0.4) is 0 Å². The third-order valence-corrected chi connectivity index (χ3v) is 1.22. The van der Waals surface area contributed by atoms with E-state index in [0.29, 0.717) is 5.69 Å². The molecule has 1 rings (SSSR count). The molecule has 0 aromatic carbocycles. The lowest BCUT2D eigenvalue weighted by molar-refractivity contribution is 0.701. The van der Waals surface area contributed by atoms with Crippen LogP contribution >= 0.6 is 0 Å². The van der Waals surface area contributed by atoms with Gasteiger partial charge in [-0.2, -0.15) is 10.4 Å². The van der Waals surface area contributed by atoms with Crippen molar-refractivity contribution in [1.82, 2.24) is 9.78 Å². The summed E-state index contributed by atoms with van der Waals surface area (Å²) in [5.41, 5.74) is 6.89. The van der Waals surface area contributed by atoms with Crippen LogP contribution in [0.4, 0.5) is 5.69 Å². The monoisotopic (exact) mass is 136 g/mol. The summed E-state index contributed by atoms with van der Waals surface area (Å²) >= 11 is 0. The first kappa shape index (κ1) is 6.62. The first-order valence-corrected chi connectivity index (χ1v) is 2.90. The number of nitrogens with two attached hydrogens (primary N) is 1. The highest BCUT2D eigenvalue weighted by atomic mass is 15.3. The highest BCUT2D eigenvalue weighted by molar-refractivity contribution is 5.39. The summed E-state index contributed by atoms with van der Waals surface area (Å²) < 4.78 is 1.52. The highest BCUT2D eigenvalue weighted by Crippen LogP contribution is 2.05. The van der Waals surface area contributed by atoms with Crippen LogP contribution in [-0.2, 0) is 6.54 Å². The molecule has 0 amide bonds. The molecule has 0 saturated heterocycles. The molecule has 0 aliphatic rings. The van der Waals surface area contributed by atoms with Gasteiger partial charge in [-0.15, -0.1) is 0 Å². The number of aryl methyl sites for hydroxylation is 1. The van der Waals surface area contributed by atoms with E-state index >= 15 is 0 Å². The van der Waals surface area contributed by atoms with E-state index in [0.717, 1.165) is 5.69 Å². The molecule has 4 heteroatoms. The van der Waals surface area contributed by atoms with E-state index < -0.39 is 0 Å². The van der Waals surface area contributed by atoms with Crippen LogP contribution in [0.1, 0.15) is 5.69 Å². The second kappa shape index (κ2) is 2.40. The lowest BCUT2D eigenvalue weighted by atomic mass is 10.4. The summed E-state index contributed by atoms with van der Waals surface area (Å²) in [5.74, 6) is 0. The van der Waals surface area contributed by atoms with Gasteiger partial charge in [0.15, 0.2) is 0 Å². The molecule has 52 valence electrons. The van der Waals surface area contributed by atoms with E-state index in [9.17, 15) is 0 Å². The molecular formula is C6H8N4. The average molecular weight is 136 g/mol. The number of nitrogen functional groups attached to an aromatic ring is 1. The van der Waals surface area contributed by atoms with Gasteiger partial charge in [-0.1, -0.05) is 0 Å². The van der Waals surface area contributed by atoms with Crippen LogP contribution in [0.5, 0.6) is 0 Å². The first-order chi connectivity index (χ1) is 4.74. The van der Waals surface area contributed by atoms with Gasteiger partial charge in [0.05, 0.1) is 17.5 Å². The Balaban J connectivity index is 2.90. The zero-order valence-electron chi connectivity index (χ0n) is 5.70. The second-order valence-electron chi connectivity index (χ2n) is 2.03. The molecule has 4 nitrogen and oxygen atoms in total. The lowest BCUT2D eigenvalue weighted by Crippen LogP contribution is -1.95. The van der Waals surface area contributed by atoms with Crippen molar-refractivity contribution in [2.75, 3.05) is 5.73 Å². The molecular weight excluding hydrogens is 128 g/mol. The van der Waals surface area contributed by atoms with Gasteiger partial charge in [-0.05, 0) is 6.92 Å². The van der Waals surface area contributed by atoms with Gasteiger partial charge >= 0.3 is 0 Å². The first-order valence-electron chi connectivity index (χ1n) is 2.90. The standard InChI is InChI=1S/C6H8N4/c1-5-6(8)4-10(9-5)3-2-7/h4H,3,8H2,1H3. The van der Waals surface area contributed by atoms with Crippen LogP contribution in [0.2, 0.25) is 0 Å². The second-order valence-corrected chi connectivity index (χ2v) is 2.03. The predicted octanol–water partition coefficient (Wildman–Crippen LogP) is 0.297. The largest absolute Gasteiger partial charge is 0.396 e. The number of hydrogen-bond acceptors (Lipinski definition) is 3. The summed E-state index contributed by atoms with van der Waals surface area (Å²) in [6, 6.07) is 1.97. The fourth-order valence-electron chi connectivity index (χ4n) is 0.687. The van der Waals surface area contributed by atoms with Crippen LogP contribution in [0.25, 0.3) is 0 Å². The minimum atomic E-state index is 0.262. The van der Waals surface area contributed by atoms with Crippen molar-refractivity contribution in [3.63, 3.8) is 0 Å². The summed E-state index contributed by atoms with van der Waals surface area (Å²) in [7, 11) is 0. The molecule has 2 N–H and O–H groups in total. The zero-order chi connectivity index (χ0) is 7.56. The number of nitrogens with zero attached hydrogens (tertiary/aromatic N) is 3. The predicted molar refractivity (Wildman–Crippen MR) is 37.0 cm³/mol. The fraction of sp³-hybridized carbons (Fsp3) is 0.333. The van der Waals surface area contributed by atoms with Crippen LogP contribution in [0, 0.1) is 18.3 Å². The third kappa shape index (κ3) is 1.08. The van der Waals surface area contributed by atoms with Crippen molar-refractivity contribution in [2.45, 2.75) is 13.5 Å². The van der Waals surface area contributed by atoms with Crippen LogP contribution in [0.15, 0.2) is 6.20 Å². The topological polar surface area (TPSA) is 67.6 Å². The van der Waals surface area contributed by atoms with Crippen molar-refractivity contribution in [3.05, 3.63) is 11.9 Å². The van der Waals surface area contributed by atoms with Crippen molar-refractivity contribution in [3.8, 4) is 6.07 Å². The lowest BCUT2D eigenvalue weighted by Gasteiger charge is -1.86. The molecule has 10 heavy (non-hydrogen) atoms. The molecule has 0 bridgehead atoms. The smallest absolute Gasteiger partial charge is 0.128 e. The Bertz CT molecular complexity index is 248. The van der Waals surface area contributed by atoms with Crippen molar-refractivity contribution in [2.24, 2.45) is 0 Å². The van der Waals surface area contributed by atoms with Gasteiger partial charge in [0.1, 0.15) is 6.54 Å². The Hall–Kier alpha value is -1.50. The molecule has 0 fully saturated rings. The molecule has 0 atom stereocenters. The molecule has 1 aromatic rings. The van der Waals surface area contributed by atoms with E-state index in [1.54, 1.807) is 6.20 Å². The average Bonchev–Trinajstić information content (AvgIpc) is 2.14. The van der Waals surface area contributed by atoms with Gasteiger partial charge in [0, 0.05) is 6.20 Å². The molecule has 0 aliphatic heterocycles. The van der Waals surface area contributed by atoms with Gasteiger partial charge in [0.2, 0.25) is 0 Å². The molecule has 1 heterocycles. The molecule has 1 aromatic heterocycles. The Morgan fingerprint density at radius 3 is 3.00 bits per heavy atom. The van der Waals surface area contributed by atoms with E-state index in [4.69, 9.17) is 11.0 Å². The maximum Gasteiger partial charge on any atom is 0.128 e.